The third kappa shape index (κ3) is 3.42. The smallest absolute Gasteiger partial charge is 0.318 e. The quantitative estimate of drug-likeness (QED) is 0.660. The van der Waals surface area contributed by atoms with E-state index in [0.29, 0.717) is 0 Å². The van der Waals surface area contributed by atoms with Crippen molar-refractivity contribution in [2.24, 2.45) is 10.8 Å². The monoisotopic (exact) mass is 330 g/mol. The van der Waals surface area contributed by atoms with E-state index in [1.165, 1.54) is 0 Å². The summed E-state index contributed by atoms with van der Waals surface area (Å²) in [6.07, 6.45) is 5.66. The molecule has 0 saturated heterocycles. The minimum absolute atomic E-state index is 0.0130. The van der Waals surface area contributed by atoms with Gasteiger partial charge in [-0.05, 0) is 30.1 Å². The van der Waals surface area contributed by atoms with Gasteiger partial charge in [-0.15, -0.1) is 0 Å². The van der Waals surface area contributed by atoms with Crippen LogP contribution < -0.4 is 0 Å². The molecule has 3 nitrogen and oxygen atoms in total. The van der Waals surface area contributed by atoms with Gasteiger partial charge in [-0.1, -0.05) is 63.3 Å². The van der Waals surface area contributed by atoms with E-state index in [0.717, 1.165) is 11.3 Å². The number of carbonyl (C=O) groups is 1. The van der Waals surface area contributed by atoms with Gasteiger partial charge < -0.3 is 9.53 Å². The molecule has 0 fully saturated rings. The Morgan fingerprint density at radius 1 is 1.22 bits per heavy atom. The summed E-state index contributed by atoms with van der Waals surface area (Å²) >= 11 is 0. The predicted molar refractivity (Wildman–Crippen MR) is 95.9 cm³/mol. The van der Waals surface area contributed by atoms with Crippen molar-refractivity contribution in [1.29, 1.82) is 0 Å². The molecule has 0 saturated carbocycles. The molecular weight excluding hydrogens is 304 g/mol. The second kappa shape index (κ2) is 6.36. The van der Waals surface area contributed by atoms with Crippen LogP contribution in [-0.2, 0) is 9.22 Å². The highest BCUT2D eigenvalue weighted by Crippen LogP contribution is 2.47. The van der Waals surface area contributed by atoms with Crippen LogP contribution >= 0.6 is 0 Å². The molecule has 1 aliphatic carbocycles. The Labute approximate surface area is 140 Å². The fourth-order valence-corrected chi connectivity index (χ4v) is 3.70. The summed E-state index contributed by atoms with van der Waals surface area (Å²) in [5.41, 5.74) is -0.362. The van der Waals surface area contributed by atoms with Crippen molar-refractivity contribution in [3.05, 3.63) is 59.9 Å². The first kappa shape index (κ1) is 17.5. The molecule has 1 aliphatic rings. The van der Waals surface area contributed by atoms with Gasteiger partial charge in [0.05, 0.1) is 11.7 Å². The van der Waals surface area contributed by atoms with Crippen LogP contribution in [0.25, 0.3) is 0 Å². The van der Waals surface area contributed by atoms with Gasteiger partial charge in [0.15, 0.2) is 0 Å². The normalized spacial score (nSPS) is 24.4. The SMILES string of the molecule is C[SiH](C)OC1=CC(C(=O)O)(C(C)(C)C)C=CC1c1ccccc1. The number of aliphatic carboxylic acids is 1. The van der Waals surface area contributed by atoms with Gasteiger partial charge in [0.25, 0.3) is 0 Å². The van der Waals surface area contributed by atoms with Gasteiger partial charge >= 0.3 is 5.97 Å². The fraction of sp³-hybridized carbons (Fsp3) is 0.421. The van der Waals surface area contributed by atoms with Gasteiger partial charge in [0, 0.05) is 0 Å². The minimum atomic E-state index is -1.34. The average Bonchev–Trinajstić information content (AvgIpc) is 2.46. The van der Waals surface area contributed by atoms with E-state index >= 15 is 0 Å². The summed E-state index contributed by atoms with van der Waals surface area (Å²) in [7, 11) is -1.34. The maximum atomic E-state index is 12.1. The van der Waals surface area contributed by atoms with Crippen molar-refractivity contribution >= 4 is 15.0 Å². The molecule has 1 N–H and O–H groups in total. The van der Waals surface area contributed by atoms with E-state index in [-0.39, 0.29) is 5.92 Å². The van der Waals surface area contributed by atoms with Crippen LogP contribution in [0.4, 0.5) is 0 Å². The number of carboxylic acids is 1. The van der Waals surface area contributed by atoms with E-state index < -0.39 is 25.8 Å². The summed E-state index contributed by atoms with van der Waals surface area (Å²) in [4.78, 5) is 12.1. The molecule has 0 aliphatic heterocycles. The first-order valence-electron chi connectivity index (χ1n) is 8.04. The molecule has 1 aromatic carbocycles. The Kier molecular flexibility index (Phi) is 4.85. The molecule has 0 heterocycles. The Hall–Kier alpha value is -1.81. The van der Waals surface area contributed by atoms with E-state index in [1.807, 2.05) is 57.2 Å². The van der Waals surface area contributed by atoms with Crippen molar-refractivity contribution in [2.45, 2.75) is 39.8 Å². The minimum Gasteiger partial charge on any atom is -0.549 e. The second-order valence-electron chi connectivity index (χ2n) is 7.38. The molecule has 1 aromatic rings. The zero-order valence-electron chi connectivity index (χ0n) is 14.5. The third-order valence-corrected chi connectivity index (χ3v) is 5.10. The lowest BCUT2D eigenvalue weighted by Crippen LogP contribution is -2.42. The number of hydrogen-bond acceptors (Lipinski definition) is 2. The van der Waals surface area contributed by atoms with Crippen LogP contribution in [-0.4, -0.2) is 20.1 Å². The van der Waals surface area contributed by atoms with Crippen LogP contribution in [0.1, 0.15) is 32.3 Å². The van der Waals surface area contributed by atoms with Crippen molar-refractivity contribution < 1.29 is 14.3 Å². The van der Waals surface area contributed by atoms with E-state index in [1.54, 1.807) is 0 Å². The highest BCUT2D eigenvalue weighted by atomic mass is 28.3. The van der Waals surface area contributed by atoms with Gasteiger partial charge in [-0.2, -0.15) is 0 Å². The highest BCUT2D eigenvalue weighted by Gasteiger charge is 2.48. The Bertz CT molecular complexity index is 626. The molecule has 0 bridgehead atoms. The maximum absolute atomic E-state index is 12.1. The summed E-state index contributed by atoms with van der Waals surface area (Å²) in [6, 6.07) is 10.1. The molecule has 2 unspecified atom stereocenters. The number of allylic oxidation sites excluding steroid dienone is 1. The zero-order valence-corrected chi connectivity index (χ0v) is 15.7. The topological polar surface area (TPSA) is 46.5 Å². The molecule has 0 radical (unpaired) electrons. The molecule has 2 atom stereocenters. The van der Waals surface area contributed by atoms with E-state index in [2.05, 4.69) is 25.2 Å². The summed E-state index contributed by atoms with van der Waals surface area (Å²) in [5, 5.41) is 9.89. The van der Waals surface area contributed by atoms with Gasteiger partial charge in [-0.25, -0.2) is 0 Å². The lowest BCUT2D eigenvalue weighted by atomic mass is 9.63. The van der Waals surface area contributed by atoms with Crippen molar-refractivity contribution in [3.8, 4) is 0 Å². The second-order valence-corrected chi connectivity index (χ2v) is 9.72. The number of rotatable bonds is 4. The molecule has 0 spiro atoms. The fourth-order valence-electron chi connectivity index (χ4n) is 2.94. The summed E-state index contributed by atoms with van der Waals surface area (Å²) < 4.78 is 6.14. The lowest BCUT2D eigenvalue weighted by Gasteiger charge is -2.40. The van der Waals surface area contributed by atoms with E-state index in [9.17, 15) is 9.90 Å². The Morgan fingerprint density at radius 3 is 2.30 bits per heavy atom. The van der Waals surface area contributed by atoms with Crippen molar-refractivity contribution in [2.75, 3.05) is 0 Å². The Morgan fingerprint density at radius 2 is 1.83 bits per heavy atom. The largest absolute Gasteiger partial charge is 0.549 e. The van der Waals surface area contributed by atoms with Crippen LogP contribution in [0.2, 0.25) is 13.1 Å². The standard InChI is InChI=1S/C19H26O3Si/c1-18(2,3)19(17(20)21)12-11-15(14-9-7-6-8-10-14)16(13-19)22-23(4)5/h6-13,15,23H,1-5H3,(H,20,21). The van der Waals surface area contributed by atoms with Crippen LogP contribution in [0.15, 0.2) is 54.3 Å². The highest BCUT2D eigenvalue weighted by molar-refractivity contribution is 6.48. The molecule has 0 amide bonds. The molecule has 23 heavy (non-hydrogen) atoms. The van der Waals surface area contributed by atoms with E-state index in [4.69, 9.17) is 4.43 Å². The van der Waals surface area contributed by atoms with Gasteiger partial charge in [-0.3, -0.25) is 4.79 Å². The number of hydrogen-bond donors (Lipinski definition) is 1. The van der Waals surface area contributed by atoms with Gasteiger partial charge in [0.1, 0.15) is 5.41 Å². The van der Waals surface area contributed by atoms with Crippen molar-refractivity contribution in [3.63, 3.8) is 0 Å². The molecular formula is C19H26O3Si. The molecule has 0 aromatic heterocycles. The number of benzene rings is 1. The predicted octanol–water partition coefficient (Wildman–Crippen LogP) is 4.34. The average molecular weight is 330 g/mol. The summed E-state index contributed by atoms with van der Waals surface area (Å²) in [5.74, 6) is -0.0714. The third-order valence-electron chi connectivity index (χ3n) is 4.35. The molecule has 2 rings (SSSR count). The van der Waals surface area contributed by atoms with Crippen molar-refractivity contribution in [1.82, 2.24) is 0 Å². The molecule has 124 valence electrons. The first-order chi connectivity index (χ1) is 10.7. The van der Waals surface area contributed by atoms with Crippen LogP contribution in [0.3, 0.4) is 0 Å². The molecule has 4 heteroatoms. The maximum Gasteiger partial charge on any atom is 0.318 e. The zero-order chi connectivity index (χ0) is 17.3. The van der Waals surface area contributed by atoms with Gasteiger partial charge in [0.2, 0.25) is 9.04 Å². The van der Waals surface area contributed by atoms with Crippen LogP contribution in [0.5, 0.6) is 0 Å². The first-order valence-corrected chi connectivity index (χ1v) is 10.8. The number of carboxylic acid groups (broad SMARTS) is 1. The van der Waals surface area contributed by atoms with Crippen LogP contribution in [0, 0.1) is 10.8 Å². The Balaban J connectivity index is 2.54. The lowest BCUT2D eigenvalue weighted by molar-refractivity contribution is -0.148. The summed E-state index contributed by atoms with van der Waals surface area (Å²) in [6.45, 7) is 10.1.